The van der Waals surface area contributed by atoms with E-state index in [-0.39, 0.29) is 41.1 Å². The summed E-state index contributed by atoms with van der Waals surface area (Å²) in [5, 5.41) is 0. The molecule has 0 radical (unpaired) electrons. The van der Waals surface area contributed by atoms with Crippen molar-refractivity contribution in [3.63, 3.8) is 0 Å². The highest BCUT2D eigenvalue weighted by atomic mass is 32.2. The van der Waals surface area contributed by atoms with Gasteiger partial charge in [0.1, 0.15) is 22.5 Å². The predicted molar refractivity (Wildman–Crippen MR) is 136 cm³/mol. The molecule has 2 atom stereocenters. The van der Waals surface area contributed by atoms with E-state index in [0.717, 1.165) is 11.1 Å². The largest absolute Gasteiger partial charge is 0.495 e. The van der Waals surface area contributed by atoms with Crippen LogP contribution in [-0.2, 0) is 10.0 Å². The van der Waals surface area contributed by atoms with Gasteiger partial charge in [-0.25, -0.2) is 17.2 Å². The molecule has 1 heterocycles. The van der Waals surface area contributed by atoms with Crippen molar-refractivity contribution in [2.45, 2.75) is 31.3 Å². The number of hydrogen-bond acceptors (Lipinski definition) is 5. The molecule has 7 nitrogen and oxygen atoms in total. The maximum absolute atomic E-state index is 13.9. The summed E-state index contributed by atoms with van der Waals surface area (Å²) in [6.07, 6.45) is -3.66. The van der Waals surface area contributed by atoms with Crippen LogP contribution in [0.25, 0.3) is 0 Å². The first kappa shape index (κ1) is 26.4. The highest BCUT2D eigenvalue weighted by Gasteiger charge is 2.42. The Hall–Kier alpha value is -3.66. The van der Waals surface area contributed by atoms with Crippen LogP contribution in [0.5, 0.6) is 11.5 Å². The molecule has 1 aliphatic heterocycles. The summed E-state index contributed by atoms with van der Waals surface area (Å²) >= 11 is 0. The molecule has 37 heavy (non-hydrogen) atoms. The van der Waals surface area contributed by atoms with Crippen LogP contribution in [-0.4, -0.2) is 52.0 Å². The second-order valence-corrected chi connectivity index (χ2v) is 10.6. The van der Waals surface area contributed by atoms with Gasteiger partial charge in [0, 0.05) is 18.2 Å². The van der Waals surface area contributed by atoms with E-state index in [0.29, 0.717) is 5.56 Å². The summed E-state index contributed by atoms with van der Waals surface area (Å²) in [6.45, 7) is 3.51. The zero-order valence-corrected chi connectivity index (χ0v) is 21.5. The van der Waals surface area contributed by atoms with Crippen LogP contribution in [0.2, 0.25) is 0 Å². The average molecular weight is 531 g/mol. The summed E-state index contributed by atoms with van der Waals surface area (Å²) in [5.41, 5.74) is 2.34. The third kappa shape index (κ3) is 5.85. The van der Waals surface area contributed by atoms with Crippen molar-refractivity contribution in [1.29, 1.82) is 0 Å². The first-order chi connectivity index (χ1) is 17.6. The number of anilines is 1. The Morgan fingerprint density at radius 2 is 1.78 bits per heavy atom. The van der Waals surface area contributed by atoms with Crippen LogP contribution >= 0.6 is 0 Å². The van der Waals surface area contributed by atoms with Crippen molar-refractivity contribution in [2.24, 2.45) is 5.92 Å². The maximum atomic E-state index is 13.9. The first-order valence-electron chi connectivity index (χ1n) is 11.7. The van der Waals surface area contributed by atoms with Gasteiger partial charge in [-0.15, -0.1) is 0 Å². The van der Waals surface area contributed by atoms with Crippen molar-refractivity contribution in [3.05, 3.63) is 83.4 Å². The van der Waals surface area contributed by atoms with Crippen LogP contribution < -0.4 is 14.2 Å². The van der Waals surface area contributed by atoms with E-state index in [1.165, 1.54) is 36.3 Å². The van der Waals surface area contributed by atoms with E-state index in [2.05, 4.69) is 4.72 Å². The molecule has 1 fully saturated rings. The van der Waals surface area contributed by atoms with Gasteiger partial charge in [0.2, 0.25) is 6.43 Å². The van der Waals surface area contributed by atoms with E-state index in [4.69, 9.17) is 9.47 Å². The Bertz CT molecular complexity index is 1400. The number of halogens is 2. The lowest BCUT2D eigenvalue weighted by Crippen LogP contribution is -2.31. The number of sulfonamides is 1. The lowest BCUT2D eigenvalue weighted by Gasteiger charge is -2.20. The quantitative estimate of drug-likeness (QED) is 0.448. The van der Waals surface area contributed by atoms with Gasteiger partial charge in [-0.1, -0.05) is 35.9 Å². The molecular weight excluding hydrogens is 502 g/mol. The second-order valence-electron chi connectivity index (χ2n) is 8.97. The molecule has 1 aliphatic rings. The highest BCUT2D eigenvalue weighted by molar-refractivity contribution is 7.92. The molecule has 10 heteroatoms. The fourth-order valence-electron chi connectivity index (χ4n) is 4.33. The number of benzene rings is 3. The van der Waals surface area contributed by atoms with Crippen LogP contribution in [0.15, 0.2) is 71.6 Å². The summed E-state index contributed by atoms with van der Waals surface area (Å²) in [7, 11) is -2.61. The van der Waals surface area contributed by atoms with E-state index in [9.17, 15) is 22.0 Å². The number of carbonyl (C=O) groups excluding carboxylic acids is 1. The molecule has 3 aromatic carbocycles. The van der Waals surface area contributed by atoms with Gasteiger partial charge in [-0.3, -0.25) is 9.52 Å². The minimum atomic E-state index is -3.99. The number of methoxy groups -OCH3 is 1. The SMILES string of the molecule is COc1ccccc1S(=O)(=O)Nc1cccc(OC2CN(C(=O)c3cc(C)ccc3C)CC2C(F)F)c1. The monoisotopic (exact) mass is 530 g/mol. The van der Waals surface area contributed by atoms with Gasteiger partial charge in [-0.2, -0.15) is 0 Å². The van der Waals surface area contributed by atoms with Gasteiger partial charge < -0.3 is 14.4 Å². The number of amides is 1. The van der Waals surface area contributed by atoms with Crippen molar-refractivity contribution in [3.8, 4) is 11.5 Å². The number of likely N-dealkylation sites (tertiary alicyclic amines) is 1. The van der Waals surface area contributed by atoms with Gasteiger partial charge in [0.15, 0.2) is 0 Å². The molecule has 1 saturated heterocycles. The number of aryl methyl sites for hydroxylation is 2. The van der Waals surface area contributed by atoms with Crippen LogP contribution in [0, 0.1) is 19.8 Å². The van der Waals surface area contributed by atoms with Gasteiger partial charge in [0.25, 0.3) is 15.9 Å². The fourth-order valence-corrected chi connectivity index (χ4v) is 5.55. The van der Waals surface area contributed by atoms with Crippen molar-refractivity contribution >= 4 is 21.6 Å². The predicted octanol–water partition coefficient (Wildman–Crippen LogP) is 4.90. The number of hydrogen-bond donors (Lipinski definition) is 1. The molecule has 1 amide bonds. The Morgan fingerprint density at radius 1 is 1.03 bits per heavy atom. The Balaban J connectivity index is 1.52. The summed E-state index contributed by atoms with van der Waals surface area (Å²) in [4.78, 5) is 14.5. The minimum Gasteiger partial charge on any atom is -0.495 e. The number of para-hydroxylation sites is 1. The van der Waals surface area contributed by atoms with E-state index in [1.54, 1.807) is 37.3 Å². The lowest BCUT2D eigenvalue weighted by atomic mass is 10.0. The molecule has 3 aromatic rings. The van der Waals surface area contributed by atoms with Crippen LogP contribution in [0.1, 0.15) is 21.5 Å². The van der Waals surface area contributed by atoms with Gasteiger partial charge in [-0.05, 0) is 49.7 Å². The molecule has 2 unspecified atom stereocenters. The third-order valence-electron chi connectivity index (χ3n) is 6.28. The number of carbonyl (C=O) groups is 1. The summed E-state index contributed by atoms with van der Waals surface area (Å²) in [5.74, 6) is -1.13. The smallest absolute Gasteiger partial charge is 0.265 e. The van der Waals surface area contributed by atoms with E-state index in [1.807, 2.05) is 19.1 Å². The standard InChI is InChI=1S/C27H28F2N2O5S/c1-17-11-12-18(2)21(13-17)27(32)31-15-22(26(28)29)24(16-31)36-20-8-6-7-19(14-20)30-37(33,34)25-10-5-4-9-23(25)35-3/h4-14,22,24,26,30H,15-16H2,1-3H3. The highest BCUT2D eigenvalue weighted by Crippen LogP contribution is 2.31. The first-order valence-corrected chi connectivity index (χ1v) is 13.1. The summed E-state index contributed by atoms with van der Waals surface area (Å²) in [6, 6.07) is 17.7. The Labute approximate surface area is 215 Å². The zero-order valence-electron chi connectivity index (χ0n) is 20.6. The normalized spacial score (nSPS) is 17.6. The third-order valence-corrected chi connectivity index (χ3v) is 7.70. The molecule has 0 saturated carbocycles. The van der Waals surface area contributed by atoms with Crippen molar-refractivity contribution in [2.75, 3.05) is 24.9 Å². The molecule has 0 spiro atoms. The zero-order chi connectivity index (χ0) is 26.7. The topological polar surface area (TPSA) is 84.9 Å². The number of rotatable bonds is 8. The van der Waals surface area contributed by atoms with E-state index >= 15 is 0 Å². The number of nitrogens with one attached hydrogen (secondary N) is 1. The molecule has 1 N–H and O–H groups in total. The Morgan fingerprint density at radius 3 is 2.51 bits per heavy atom. The summed E-state index contributed by atoms with van der Waals surface area (Å²) < 4.78 is 67.1. The molecular formula is C27H28F2N2O5S. The lowest BCUT2D eigenvalue weighted by molar-refractivity contribution is 0.0302. The maximum Gasteiger partial charge on any atom is 0.265 e. The number of ether oxygens (including phenoxy) is 2. The van der Waals surface area contributed by atoms with E-state index < -0.39 is 28.5 Å². The fraction of sp³-hybridized carbons (Fsp3) is 0.296. The molecule has 0 aromatic heterocycles. The molecule has 0 bridgehead atoms. The molecule has 4 rings (SSSR count). The van der Waals surface area contributed by atoms with Crippen molar-refractivity contribution in [1.82, 2.24) is 4.90 Å². The Kier molecular flexibility index (Phi) is 7.68. The average Bonchev–Trinajstić information content (AvgIpc) is 3.29. The van der Waals surface area contributed by atoms with Crippen molar-refractivity contribution < 1.29 is 31.5 Å². The minimum absolute atomic E-state index is 0.0155. The number of alkyl halides is 2. The van der Waals surface area contributed by atoms with Crippen LogP contribution in [0.4, 0.5) is 14.5 Å². The second kappa shape index (κ2) is 10.8. The van der Waals surface area contributed by atoms with Gasteiger partial charge in [0.05, 0.1) is 25.3 Å². The van der Waals surface area contributed by atoms with Crippen LogP contribution in [0.3, 0.4) is 0 Å². The van der Waals surface area contributed by atoms with Gasteiger partial charge >= 0.3 is 0 Å². The number of nitrogens with zero attached hydrogens (tertiary/aromatic N) is 1. The molecule has 196 valence electrons. The molecule has 0 aliphatic carbocycles.